The molecule has 1 aromatic heterocycles. The Balaban J connectivity index is 2.31. The van der Waals surface area contributed by atoms with Crippen LogP contribution in [-0.4, -0.2) is 40.1 Å². The van der Waals surface area contributed by atoms with Crippen LogP contribution in [0.5, 0.6) is 0 Å². The van der Waals surface area contributed by atoms with Crippen molar-refractivity contribution >= 4 is 12.4 Å². The quantitative estimate of drug-likeness (QED) is 0.879. The molecule has 1 N–H and O–H groups in total. The van der Waals surface area contributed by atoms with Gasteiger partial charge in [-0.25, -0.2) is 4.79 Å². The minimum absolute atomic E-state index is 0.560. The van der Waals surface area contributed by atoms with Gasteiger partial charge in [0.2, 0.25) is 0 Å². The molecule has 0 aliphatic rings. The molecule has 0 aliphatic carbocycles. The predicted octanol–water partition coefficient (Wildman–Crippen LogP) is 3.18. The Hall–Kier alpha value is -2.63. The summed E-state index contributed by atoms with van der Waals surface area (Å²) < 4.78 is 5.32. The smallest absolute Gasteiger partial charge is 0.410 e. The Labute approximate surface area is 135 Å². The maximum absolute atomic E-state index is 12.2. The molecule has 6 nitrogen and oxygen atoms in total. The number of hydrogen-bond donors (Lipinski definition) is 1. The molecule has 0 saturated heterocycles. The first-order valence-electron chi connectivity index (χ1n) is 7.33. The molecule has 122 valence electrons. The van der Waals surface area contributed by atoms with E-state index in [0.717, 1.165) is 5.56 Å². The number of benzene rings is 1. The fraction of sp³-hybridized carbons (Fsp3) is 0.353. The van der Waals surface area contributed by atoms with Gasteiger partial charge in [-0.3, -0.25) is 10.00 Å². The third-order valence-electron chi connectivity index (χ3n) is 3.28. The van der Waals surface area contributed by atoms with Crippen molar-refractivity contribution in [2.24, 2.45) is 0 Å². The lowest BCUT2D eigenvalue weighted by molar-refractivity contribution is -0.112. The summed E-state index contributed by atoms with van der Waals surface area (Å²) in [7, 11) is 1.54. The molecule has 0 saturated carbocycles. The highest BCUT2D eigenvalue weighted by molar-refractivity contribution is 5.77. The molecule has 1 aromatic carbocycles. The average molecular weight is 315 g/mol. The van der Waals surface area contributed by atoms with Gasteiger partial charge in [-0.2, -0.15) is 5.10 Å². The Morgan fingerprint density at radius 1 is 1.30 bits per heavy atom. The van der Waals surface area contributed by atoms with Gasteiger partial charge in [0.25, 0.3) is 0 Å². The van der Waals surface area contributed by atoms with Crippen molar-refractivity contribution in [1.29, 1.82) is 0 Å². The van der Waals surface area contributed by atoms with E-state index in [4.69, 9.17) is 4.74 Å². The molecule has 1 unspecified atom stereocenters. The normalized spacial score (nSPS) is 12.5. The highest BCUT2D eigenvalue weighted by Crippen LogP contribution is 2.28. The van der Waals surface area contributed by atoms with E-state index in [2.05, 4.69) is 10.2 Å². The van der Waals surface area contributed by atoms with Gasteiger partial charge in [0.15, 0.2) is 0 Å². The molecule has 6 heteroatoms. The fourth-order valence-corrected chi connectivity index (χ4v) is 2.18. The van der Waals surface area contributed by atoms with Crippen LogP contribution in [0.1, 0.15) is 32.4 Å². The highest BCUT2D eigenvalue weighted by Gasteiger charge is 2.28. The molecule has 0 aliphatic heterocycles. The van der Waals surface area contributed by atoms with Gasteiger partial charge in [-0.05, 0) is 26.3 Å². The first-order chi connectivity index (χ1) is 10.8. The predicted molar refractivity (Wildman–Crippen MR) is 86.8 cm³/mol. The molecule has 2 aromatic rings. The number of aromatic nitrogens is 2. The van der Waals surface area contributed by atoms with Crippen LogP contribution in [0, 0.1) is 0 Å². The zero-order valence-electron chi connectivity index (χ0n) is 13.7. The lowest BCUT2D eigenvalue weighted by Crippen LogP contribution is -2.37. The third-order valence-corrected chi connectivity index (χ3v) is 3.28. The van der Waals surface area contributed by atoms with Crippen molar-refractivity contribution < 1.29 is 14.3 Å². The molecule has 0 spiro atoms. The second-order valence-electron chi connectivity index (χ2n) is 6.24. The summed E-state index contributed by atoms with van der Waals surface area (Å²) >= 11 is 0. The maximum Gasteiger partial charge on any atom is 0.410 e. The Bertz CT molecular complexity index is 674. The van der Waals surface area contributed by atoms with Crippen LogP contribution in [0.15, 0.2) is 36.5 Å². The van der Waals surface area contributed by atoms with Crippen LogP contribution in [0.4, 0.5) is 4.79 Å². The number of aromatic amines is 1. The van der Waals surface area contributed by atoms with E-state index in [9.17, 15) is 9.59 Å². The zero-order chi connectivity index (χ0) is 17.0. The number of carbonyl (C=O) groups excluding carboxylic acids is 2. The van der Waals surface area contributed by atoms with Gasteiger partial charge in [-0.15, -0.1) is 0 Å². The number of H-pyrrole nitrogens is 1. The molecule has 0 fully saturated rings. The summed E-state index contributed by atoms with van der Waals surface area (Å²) in [6, 6.07) is 8.74. The van der Waals surface area contributed by atoms with E-state index in [0.29, 0.717) is 17.5 Å². The van der Waals surface area contributed by atoms with Gasteiger partial charge in [0.05, 0.1) is 11.9 Å². The summed E-state index contributed by atoms with van der Waals surface area (Å²) in [5, 5.41) is 6.91. The first-order valence-corrected chi connectivity index (χ1v) is 7.33. The molecule has 2 rings (SSSR count). The Kier molecular flexibility index (Phi) is 4.83. The van der Waals surface area contributed by atoms with E-state index in [1.54, 1.807) is 27.0 Å². The van der Waals surface area contributed by atoms with E-state index in [1.165, 1.54) is 11.9 Å². The third kappa shape index (κ3) is 3.97. The zero-order valence-corrected chi connectivity index (χ0v) is 13.7. The minimum Gasteiger partial charge on any atom is -0.444 e. The van der Waals surface area contributed by atoms with Crippen molar-refractivity contribution in [3.05, 3.63) is 42.1 Å². The van der Waals surface area contributed by atoms with E-state index < -0.39 is 17.7 Å². The van der Waals surface area contributed by atoms with E-state index >= 15 is 0 Å². The fourth-order valence-electron chi connectivity index (χ4n) is 2.18. The van der Waals surface area contributed by atoms with Crippen LogP contribution < -0.4 is 0 Å². The highest BCUT2D eigenvalue weighted by atomic mass is 16.6. The van der Waals surface area contributed by atoms with Crippen LogP contribution in [-0.2, 0) is 9.53 Å². The number of hydrogen-bond acceptors (Lipinski definition) is 4. The lowest BCUT2D eigenvalue weighted by Gasteiger charge is -2.28. The average Bonchev–Trinajstić information content (AvgIpc) is 2.96. The maximum atomic E-state index is 12.2. The number of carbonyl (C=O) groups is 2. The topological polar surface area (TPSA) is 75.3 Å². The van der Waals surface area contributed by atoms with Gasteiger partial charge >= 0.3 is 6.09 Å². The number of ether oxygens (including phenoxy) is 1. The molecule has 0 radical (unpaired) electrons. The molecular weight excluding hydrogens is 294 g/mol. The van der Waals surface area contributed by atoms with Crippen LogP contribution in [0.25, 0.3) is 11.3 Å². The number of aldehydes is 1. The summed E-state index contributed by atoms with van der Waals surface area (Å²) in [4.78, 5) is 25.1. The monoisotopic (exact) mass is 315 g/mol. The molecule has 0 bridgehead atoms. The summed E-state index contributed by atoms with van der Waals surface area (Å²) in [5.74, 6) is 0. The summed E-state index contributed by atoms with van der Waals surface area (Å²) in [6.07, 6.45) is 1.71. The minimum atomic E-state index is -0.779. The number of likely N-dealkylation sites (N-methyl/N-ethyl adjacent to an activating group) is 1. The van der Waals surface area contributed by atoms with Crippen molar-refractivity contribution in [3.63, 3.8) is 0 Å². The molecule has 23 heavy (non-hydrogen) atoms. The van der Waals surface area contributed by atoms with Crippen molar-refractivity contribution in [3.8, 4) is 11.3 Å². The number of amides is 1. The van der Waals surface area contributed by atoms with Crippen molar-refractivity contribution in [2.45, 2.75) is 32.4 Å². The second-order valence-corrected chi connectivity index (χ2v) is 6.24. The summed E-state index contributed by atoms with van der Waals surface area (Å²) in [5.41, 5.74) is 1.60. The second kappa shape index (κ2) is 6.64. The van der Waals surface area contributed by atoms with Gasteiger partial charge in [-0.1, -0.05) is 30.3 Å². The van der Waals surface area contributed by atoms with Gasteiger partial charge in [0, 0.05) is 12.6 Å². The first kappa shape index (κ1) is 16.7. The largest absolute Gasteiger partial charge is 0.444 e. The lowest BCUT2D eigenvalue weighted by atomic mass is 10.0. The van der Waals surface area contributed by atoms with Crippen molar-refractivity contribution in [2.75, 3.05) is 7.05 Å². The van der Waals surface area contributed by atoms with Crippen LogP contribution in [0.2, 0.25) is 0 Å². The Morgan fingerprint density at radius 3 is 2.52 bits per heavy atom. The number of rotatable bonds is 4. The standard InChI is InChI=1S/C17H21N3O3/c1-17(2,3)23-16(22)20(4)14(11-21)13-10-18-19-15(13)12-8-6-5-7-9-12/h5-11,14H,1-4H3,(H,18,19). The number of nitrogens with zero attached hydrogens (tertiary/aromatic N) is 2. The van der Waals surface area contributed by atoms with E-state index in [1.807, 2.05) is 30.3 Å². The van der Waals surface area contributed by atoms with Crippen molar-refractivity contribution in [1.82, 2.24) is 15.1 Å². The van der Waals surface area contributed by atoms with Crippen LogP contribution >= 0.6 is 0 Å². The van der Waals surface area contributed by atoms with Gasteiger partial charge < -0.3 is 9.53 Å². The molecule has 1 atom stereocenters. The summed E-state index contributed by atoms with van der Waals surface area (Å²) in [6.45, 7) is 5.34. The molecule has 1 amide bonds. The number of nitrogens with one attached hydrogen (secondary N) is 1. The SMILES string of the molecule is CN(C(=O)OC(C)(C)C)C(C=O)c1cn[nH]c1-c1ccccc1. The van der Waals surface area contributed by atoms with Crippen LogP contribution in [0.3, 0.4) is 0 Å². The van der Waals surface area contributed by atoms with E-state index in [-0.39, 0.29) is 0 Å². The Morgan fingerprint density at radius 2 is 1.96 bits per heavy atom. The molecule has 1 heterocycles. The van der Waals surface area contributed by atoms with Gasteiger partial charge in [0.1, 0.15) is 17.9 Å². The molecular formula is C17H21N3O3.